The number of halogens is 4. The third kappa shape index (κ3) is 3.91. The Kier molecular flexibility index (Phi) is 4.64. The van der Waals surface area contributed by atoms with Crippen molar-refractivity contribution in [3.8, 4) is 22.7 Å². The first-order valence-electron chi connectivity index (χ1n) is 8.10. The van der Waals surface area contributed by atoms with Gasteiger partial charge in [0.25, 0.3) is 5.89 Å². The van der Waals surface area contributed by atoms with Gasteiger partial charge in [-0.3, -0.25) is 0 Å². The van der Waals surface area contributed by atoms with E-state index in [2.05, 4.69) is 15.3 Å². The summed E-state index contributed by atoms with van der Waals surface area (Å²) in [5.74, 6) is 0.756. The number of hydrogen-bond acceptors (Lipinski definition) is 5. The summed E-state index contributed by atoms with van der Waals surface area (Å²) in [7, 11) is 0. The molecule has 5 nitrogen and oxygen atoms in total. The van der Waals surface area contributed by atoms with E-state index in [1.54, 1.807) is 18.2 Å². The van der Waals surface area contributed by atoms with Gasteiger partial charge in [0.15, 0.2) is 5.82 Å². The highest BCUT2D eigenvalue weighted by Crippen LogP contribution is 2.32. The van der Waals surface area contributed by atoms with Crippen LogP contribution in [0.1, 0.15) is 17.1 Å². The quantitative estimate of drug-likeness (QED) is 0.438. The van der Waals surface area contributed by atoms with Crippen LogP contribution in [0.4, 0.5) is 13.2 Å². The molecule has 0 aliphatic rings. The summed E-state index contributed by atoms with van der Waals surface area (Å²) in [4.78, 5) is 4.14. The SMILES string of the molecule is FC(F)(F)c1cccc(-c2nc(Cc3cc(-c4ccc(Cl)cc4)no3)no2)c1. The fraction of sp³-hybridized carbons (Fsp3) is 0.105. The van der Waals surface area contributed by atoms with Crippen molar-refractivity contribution < 1.29 is 22.2 Å². The molecule has 2 aromatic carbocycles. The second-order valence-corrected chi connectivity index (χ2v) is 6.39. The monoisotopic (exact) mass is 405 g/mol. The van der Waals surface area contributed by atoms with Crippen molar-refractivity contribution >= 4 is 11.6 Å². The lowest BCUT2D eigenvalue weighted by atomic mass is 10.1. The van der Waals surface area contributed by atoms with Crippen LogP contribution in [0.25, 0.3) is 22.7 Å². The van der Waals surface area contributed by atoms with Crippen LogP contribution >= 0.6 is 11.6 Å². The Morgan fingerprint density at radius 1 is 0.893 bits per heavy atom. The van der Waals surface area contributed by atoms with Crippen LogP contribution < -0.4 is 0 Å². The highest BCUT2D eigenvalue weighted by molar-refractivity contribution is 6.30. The highest BCUT2D eigenvalue weighted by Gasteiger charge is 2.30. The summed E-state index contributed by atoms with van der Waals surface area (Å²) in [6.07, 6.45) is -4.26. The van der Waals surface area contributed by atoms with Crippen molar-refractivity contribution in [3.63, 3.8) is 0 Å². The first-order valence-corrected chi connectivity index (χ1v) is 8.48. The maximum atomic E-state index is 12.8. The minimum atomic E-state index is -4.45. The van der Waals surface area contributed by atoms with Crippen LogP contribution in [0.5, 0.6) is 0 Å². The molecular formula is C19H11ClF3N3O2. The number of hydrogen-bond donors (Lipinski definition) is 0. The first-order chi connectivity index (χ1) is 13.4. The second-order valence-electron chi connectivity index (χ2n) is 5.96. The normalized spacial score (nSPS) is 11.7. The van der Waals surface area contributed by atoms with E-state index in [-0.39, 0.29) is 23.7 Å². The van der Waals surface area contributed by atoms with Crippen LogP contribution in [-0.2, 0) is 12.6 Å². The molecule has 4 rings (SSSR count). The van der Waals surface area contributed by atoms with Gasteiger partial charge in [0.05, 0.1) is 12.0 Å². The van der Waals surface area contributed by atoms with E-state index in [4.69, 9.17) is 20.6 Å². The average molecular weight is 406 g/mol. The van der Waals surface area contributed by atoms with E-state index in [1.165, 1.54) is 12.1 Å². The molecule has 2 heterocycles. The number of rotatable bonds is 4. The molecule has 0 aliphatic carbocycles. The van der Waals surface area contributed by atoms with Gasteiger partial charge in [0.1, 0.15) is 11.5 Å². The van der Waals surface area contributed by atoms with Crippen LogP contribution in [0.3, 0.4) is 0 Å². The molecule has 0 aliphatic heterocycles. The van der Waals surface area contributed by atoms with Crippen molar-refractivity contribution in [2.75, 3.05) is 0 Å². The van der Waals surface area contributed by atoms with Crippen molar-refractivity contribution in [3.05, 3.63) is 76.8 Å². The zero-order chi connectivity index (χ0) is 19.7. The number of alkyl halides is 3. The van der Waals surface area contributed by atoms with Gasteiger partial charge in [-0.25, -0.2) is 0 Å². The van der Waals surface area contributed by atoms with Crippen LogP contribution in [0, 0.1) is 0 Å². The van der Waals surface area contributed by atoms with Crippen molar-refractivity contribution in [2.45, 2.75) is 12.6 Å². The minimum absolute atomic E-state index is 0.00135. The summed E-state index contributed by atoms with van der Waals surface area (Å²) < 4.78 is 48.9. The van der Waals surface area contributed by atoms with E-state index < -0.39 is 11.7 Å². The molecule has 28 heavy (non-hydrogen) atoms. The van der Waals surface area contributed by atoms with E-state index in [1.807, 2.05) is 12.1 Å². The molecule has 2 aromatic heterocycles. The van der Waals surface area contributed by atoms with Crippen molar-refractivity contribution in [2.24, 2.45) is 0 Å². The van der Waals surface area contributed by atoms with Crippen molar-refractivity contribution in [1.29, 1.82) is 0 Å². The third-order valence-electron chi connectivity index (χ3n) is 3.94. The molecule has 0 N–H and O–H groups in total. The lowest BCUT2D eigenvalue weighted by molar-refractivity contribution is -0.137. The number of nitrogens with zero attached hydrogens (tertiary/aromatic N) is 3. The molecule has 0 fully saturated rings. The van der Waals surface area contributed by atoms with E-state index in [0.717, 1.165) is 17.7 Å². The van der Waals surface area contributed by atoms with Gasteiger partial charge < -0.3 is 9.05 Å². The fourth-order valence-corrected chi connectivity index (χ4v) is 2.71. The predicted octanol–water partition coefficient (Wildman–Crippen LogP) is 5.65. The van der Waals surface area contributed by atoms with Gasteiger partial charge in [-0.1, -0.05) is 40.1 Å². The Morgan fingerprint density at radius 3 is 2.43 bits per heavy atom. The summed E-state index contributed by atoms with van der Waals surface area (Å²) in [5.41, 5.74) is 0.853. The Labute approximate surface area is 161 Å². The van der Waals surface area contributed by atoms with Gasteiger partial charge in [0, 0.05) is 22.2 Å². The molecule has 0 spiro atoms. The smallest absolute Gasteiger partial charge is 0.360 e. The van der Waals surface area contributed by atoms with Gasteiger partial charge in [-0.05, 0) is 30.3 Å². The molecule has 142 valence electrons. The molecular weight excluding hydrogens is 395 g/mol. The molecule has 0 bridgehead atoms. The highest BCUT2D eigenvalue weighted by atomic mass is 35.5. The largest absolute Gasteiger partial charge is 0.416 e. The predicted molar refractivity (Wildman–Crippen MR) is 94.5 cm³/mol. The minimum Gasteiger partial charge on any atom is -0.360 e. The Balaban J connectivity index is 1.52. The van der Waals surface area contributed by atoms with Gasteiger partial charge in [-0.15, -0.1) is 0 Å². The van der Waals surface area contributed by atoms with E-state index in [9.17, 15) is 13.2 Å². The maximum Gasteiger partial charge on any atom is 0.416 e. The summed E-state index contributed by atoms with van der Waals surface area (Å²) in [6, 6.07) is 13.5. The Bertz CT molecular complexity index is 1100. The summed E-state index contributed by atoms with van der Waals surface area (Å²) in [6.45, 7) is 0. The molecule has 0 unspecified atom stereocenters. The summed E-state index contributed by atoms with van der Waals surface area (Å²) in [5, 5.41) is 8.40. The molecule has 0 saturated heterocycles. The number of benzene rings is 2. The van der Waals surface area contributed by atoms with Crippen LogP contribution in [0.2, 0.25) is 5.02 Å². The molecule has 0 radical (unpaired) electrons. The topological polar surface area (TPSA) is 65.0 Å². The zero-order valence-electron chi connectivity index (χ0n) is 14.1. The third-order valence-corrected chi connectivity index (χ3v) is 4.19. The first kappa shape index (κ1) is 18.2. The number of aromatic nitrogens is 3. The second kappa shape index (κ2) is 7.12. The lowest BCUT2D eigenvalue weighted by Crippen LogP contribution is -2.04. The average Bonchev–Trinajstić information content (AvgIpc) is 3.32. The standard InChI is InChI=1S/C19H11ClF3N3O2/c20-14-6-4-11(5-7-14)16-9-15(27-25-16)10-17-24-18(28-26-17)12-2-1-3-13(8-12)19(21,22)23/h1-9H,10H2. The maximum absolute atomic E-state index is 12.8. The van der Waals surface area contributed by atoms with Gasteiger partial charge in [0.2, 0.25) is 0 Å². The van der Waals surface area contributed by atoms with E-state index >= 15 is 0 Å². The fourth-order valence-electron chi connectivity index (χ4n) is 2.58. The molecule has 9 heteroatoms. The Hall–Kier alpha value is -3.13. The molecule has 0 atom stereocenters. The Morgan fingerprint density at radius 2 is 1.68 bits per heavy atom. The van der Waals surface area contributed by atoms with Crippen LogP contribution in [-0.4, -0.2) is 15.3 Å². The lowest BCUT2D eigenvalue weighted by Gasteiger charge is -2.06. The summed E-state index contributed by atoms with van der Waals surface area (Å²) >= 11 is 5.87. The zero-order valence-corrected chi connectivity index (χ0v) is 14.8. The molecule has 4 aromatic rings. The van der Waals surface area contributed by atoms with E-state index in [0.29, 0.717) is 16.5 Å². The molecule has 0 saturated carbocycles. The van der Waals surface area contributed by atoms with Crippen LogP contribution in [0.15, 0.2) is 63.6 Å². The van der Waals surface area contributed by atoms with Gasteiger partial charge >= 0.3 is 6.18 Å². The van der Waals surface area contributed by atoms with Crippen molar-refractivity contribution in [1.82, 2.24) is 15.3 Å². The molecule has 0 amide bonds. The van der Waals surface area contributed by atoms with Gasteiger partial charge in [-0.2, -0.15) is 18.2 Å².